The Kier molecular flexibility index (Phi) is 4.12. The van der Waals surface area contributed by atoms with Crippen LogP contribution in [-0.4, -0.2) is 9.78 Å². The van der Waals surface area contributed by atoms with Crippen molar-refractivity contribution in [3.05, 3.63) is 40.0 Å². The molecule has 0 amide bonds. The van der Waals surface area contributed by atoms with E-state index in [1.54, 1.807) is 4.68 Å². The highest BCUT2D eigenvalue weighted by molar-refractivity contribution is 6.31. The predicted molar refractivity (Wildman–Crippen MR) is 76.7 cm³/mol. The summed E-state index contributed by atoms with van der Waals surface area (Å²) >= 11 is 6.10. The van der Waals surface area contributed by atoms with Crippen LogP contribution in [0.1, 0.15) is 23.7 Å². The Hall–Kier alpha value is -1.52. The van der Waals surface area contributed by atoms with Crippen molar-refractivity contribution in [1.82, 2.24) is 9.78 Å². The fraction of sp³-hybridized carbons (Fsp3) is 0.357. The lowest BCUT2D eigenvalue weighted by molar-refractivity contribution is 0.425. The lowest BCUT2D eigenvalue weighted by Crippen LogP contribution is -2.01. The second-order valence-corrected chi connectivity index (χ2v) is 4.81. The number of halogens is 1. The molecule has 0 atom stereocenters. The normalized spacial score (nSPS) is 10.8. The number of ether oxygens (including phenoxy) is 1. The van der Waals surface area contributed by atoms with Gasteiger partial charge in [0.15, 0.2) is 0 Å². The summed E-state index contributed by atoms with van der Waals surface area (Å²) < 4.78 is 7.62. The van der Waals surface area contributed by atoms with Crippen LogP contribution in [-0.2, 0) is 20.0 Å². The van der Waals surface area contributed by atoms with Crippen LogP contribution in [0.4, 0.5) is 0 Å². The molecule has 102 valence electrons. The third kappa shape index (κ3) is 2.74. The number of aryl methyl sites for hydroxylation is 3. The molecule has 0 unspecified atom stereocenters. The van der Waals surface area contributed by atoms with Crippen LogP contribution in [0.5, 0.6) is 11.6 Å². The van der Waals surface area contributed by atoms with Crippen molar-refractivity contribution in [2.45, 2.75) is 26.8 Å². The zero-order chi connectivity index (χ0) is 14.0. The molecule has 1 aromatic heterocycles. The number of aromatic nitrogens is 2. The summed E-state index contributed by atoms with van der Waals surface area (Å²) in [5.41, 5.74) is 8.63. The number of benzene rings is 1. The Balaban J connectivity index is 2.36. The number of nitrogens with zero attached hydrogens (tertiary/aromatic N) is 2. The van der Waals surface area contributed by atoms with Gasteiger partial charge in [-0.2, -0.15) is 5.10 Å². The Bertz CT molecular complexity index is 593. The van der Waals surface area contributed by atoms with Gasteiger partial charge in [-0.05, 0) is 37.1 Å². The van der Waals surface area contributed by atoms with Crippen molar-refractivity contribution in [2.24, 2.45) is 12.8 Å². The molecule has 2 N–H and O–H groups in total. The Morgan fingerprint density at radius 2 is 2.16 bits per heavy atom. The van der Waals surface area contributed by atoms with Crippen LogP contribution in [0.3, 0.4) is 0 Å². The van der Waals surface area contributed by atoms with Crippen molar-refractivity contribution >= 4 is 11.6 Å². The third-order valence-corrected chi connectivity index (χ3v) is 3.47. The highest BCUT2D eigenvalue weighted by Crippen LogP contribution is 2.29. The van der Waals surface area contributed by atoms with Crippen molar-refractivity contribution in [2.75, 3.05) is 0 Å². The van der Waals surface area contributed by atoms with Gasteiger partial charge in [-0.3, -0.25) is 0 Å². The summed E-state index contributed by atoms with van der Waals surface area (Å²) in [5.74, 6) is 1.43. The molecular weight excluding hydrogens is 262 g/mol. The molecule has 5 heteroatoms. The second-order valence-electron chi connectivity index (χ2n) is 4.41. The van der Waals surface area contributed by atoms with Crippen LogP contribution in [0.15, 0.2) is 18.2 Å². The molecule has 0 spiro atoms. The van der Waals surface area contributed by atoms with Gasteiger partial charge < -0.3 is 10.5 Å². The van der Waals surface area contributed by atoms with E-state index in [0.29, 0.717) is 12.4 Å². The zero-order valence-corrected chi connectivity index (χ0v) is 12.2. The van der Waals surface area contributed by atoms with Crippen LogP contribution >= 0.6 is 11.6 Å². The van der Waals surface area contributed by atoms with E-state index >= 15 is 0 Å². The van der Waals surface area contributed by atoms with Gasteiger partial charge in [0.2, 0.25) is 5.88 Å². The van der Waals surface area contributed by atoms with Gasteiger partial charge in [0.1, 0.15) is 5.75 Å². The largest absolute Gasteiger partial charge is 0.439 e. The van der Waals surface area contributed by atoms with E-state index in [-0.39, 0.29) is 0 Å². The van der Waals surface area contributed by atoms with E-state index < -0.39 is 0 Å². The van der Waals surface area contributed by atoms with Crippen molar-refractivity contribution in [3.8, 4) is 11.6 Å². The summed E-state index contributed by atoms with van der Waals surface area (Å²) in [6.07, 6.45) is 0.865. The summed E-state index contributed by atoms with van der Waals surface area (Å²) in [7, 11) is 1.85. The standard InChI is InChI=1S/C14H18ClN3O/c1-4-10-7-11(5-6-13(10)15)19-14-12(8-16)9(2)17-18(14)3/h5-7H,4,8,16H2,1-3H3. The molecule has 0 fully saturated rings. The number of hydrogen-bond donors (Lipinski definition) is 1. The Morgan fingerprint density at radius 3 is 2.79 bits per heavy atom. The lowest BCUT2D eigenvalue weighted by atomic mass is 10.1. The molecule has 2 aromatic rings. The SMILES string of the molecule is CCc1cc(Oc2c(CN)c(C)nn2C)ccc1Cl. The van der Waals surface area contributed by atoms with Crippen LogP contribution < -0.4 is 10.5 Å². The van der Waals surface area contributed by atoms with Gasteiger partial charge >= 0.3 is 0 Å². The van der Waals surface area contributed by atoms with E-state index in [1.807, 2.05) is 32.2 Å². The number of rotatable bonds is 4. The lowest BCUT2D eigenvalue weighted by Gasteiger charge is -2.10. The van der Waals surface area contributed by atoms with Crippen LogP contribution in [0, 0.1) is 6.92 Å². The minimum atomic E-state index is 0.406. The number of nitrogens with two attached hydrogens (primary N) is 1. The van der Waals surface area contributed by atoms with Gasteiger partial charge in [0.25, 0.3) is 0 Å². The van der Waals surface area contributed by atoms with Gasteiger partial charge in [-0.25, -0.2) is 4.68 Å². The molecule has 0 aliphatic heterocycles. The monoisotopic (exact) mass is 279 g/mol. The fourth-order valence-electron chi connectivity index (χ4n) is 2.04. The topological polar surface area (TPSA) is 53.1 Å². The van der Waals surface area contributed by atoms with Crippen LogP contribution in [0.25, 0.3) is 0 Å². The highest BCUT2D eigenvalue weighted by Gasteiger charge is 2.14. The Labute approximate surface area is 118 Å². The molecule has 0 radical (unpaired) electrons. The van der Waals surface area contributed by atoms with Crippen molar-refractivity contribution in [1.29, 1.82) is 0 Å². The average molecular weight is 280 g/mol. The van der Waals surface area contributed by atoms with Crippen LogP contribution in [0.2, 0.25) is 5.02 Å². The molecule has 1 heterocycles. The maximum atomic E-state index is 6.10. The van der Waals surface area contributed by atoms with E-state index in [0.717, 1.165) is 34.0 Å². The second kappa shape index (κ2) is 5.63. The number of hydrogen-bond acceptors (Lipinski definition) is 3. The summed E-state index contributed by atoms with van der Waals surface area (Å²) in [5, 5.41) is 5.08. The maximum absolute atomic E-state index is 6.10. The minimum Gasteiger partial charge on any atom is -0.439 e. The van der Waals surface area contributed by atoms with E-state index in [9.17, 15) is 0 Å². The molecule has 2 rings (SSSR count). The average Bonchev–Trinajstić information content (AvgIpc) is 2.66. The zero-order valence-electron chi connectivity index (χ0n) is 11.4. The molecule has 0 bridgehead atoms. The smallest absolute Gasteiger partial charge is 0.222 e. The summed E-state index contributed by atoms with van der Waals surface area (Å²) in [4.78, 5) is 0. The summed E-state index contributed by atoms with van der Waals surface area (Å²) in [6, 6.07) is 5.65. The third-order valence-electron chi connectivity index (χ3n) is 3.11. The van der Waals surface area contributed by atoms with Crippen molar-refractivity contribution in [3.63, 3.8) is 0 Å². The Morgan fingerprint density at radius 1 is 1.42 bits per heavy atom. The highest BCUT2D eigenvalue weighted by atomic mass is 35.5. The first-order valence-corrected chi connectivity index (χ1v) is 6.63. The first kappa shape index (κ1) is 13.9. The molecule has 4 nitrogen and oxygen atoms in total. The van der Waals surface area contributed by atoms with Gasteiger partial charge in [0, 0.05) is 18.6 Å². The van der Waals surface area contributed by atoms with E-state index in [1.165, 1.54) is 0 Å². The molecule has 0 saturated carbocycles. The van der Waals surface area contributed by atoms with E-state index in [4.69, 9.17) is 22.1 Å². The maximum Gasteiger partial charge on any atom is 0.222 e. The van der Waals surface area contributed by atoms with Crippen molar-refractivity contribution < 1.29 is 4.74 Å². The summed E-state index contributed by atoms with van der Waals surface area (Å²) in [6.45, 7) is 4.39. The molecule has 0 aliphatic rings. The molecule has 0 saturated heterocycles. The van der Waals surface area contributed by atoms with E-state index in [2.05, 4.69) is 12.0 Å². The fourth-order valence-corrected chi connectivity index (χ4v) is 2.29. The minimum absolute atomic E-state index is 0.406. The quantitative estimate of drug-likeness (QED) is 0.935. The predicted octanol–water partition coefficient (Wildman–Crippen LogP) is 3.20. The first-order valence-electron chi connectivity index (χ1n) is 6.25. The molecule has 1 aromatic carbocycles. The van der Waals surface area contributed by atoms with Gasteiger partial charge in [-0.1, -0.05) is 18.5 Å². The molecule has 19 heavy (non-hydrogen) atoms. The molecule has 0 aliphatic carbocycles. The first-order chi connectivity index (χ1) is 9.06. The van der Waals surface area contributed by atoms with Gasteiger partial charge in [0.05, 0.1) is 11.3 Å². The van der Waals surface area contributed by atoms with Gasteiger partial charge in [-0.15, -0.1) is 0 Å². The molecular formula is C14H18ClN3O.